The van der Waals surface area contributed by atoms with E-state index in [1.54, 1.807) is 24.0 Å². The molecule has 140 valence electrons. The summed E-state index contributed by atoms with van der Waals surface area (Å²) < 4.78 is 18.3. The van der Waals surface area contributed by atoms with Gasteiger partial charge in [-0.25, -0.2) is 4.98 Å². The molecule has 0 saturated carbocycles. The zero-order chi connectivity index (χ0) is 18.8. The van der Waals surface area contributed by atoms with E-state index in [0.29, 0.717) is 11.5 Å². The molecule has 27 heavy (non-hydrogen) atoms. The minimum atomic E-state index is -0.256. The minimum absolute atomic E-state index is 0.192. The Morgan fingerprint density at radius 2 is 2.15 bits per heavy atom. The van der Waals surface area contributed by atoms with Crippen molar-refractivity contribution in [1.82, 2.24) is 14.9 Å². The molecule has 4 rings (SSSR count). The summed E-state index contributed by atoms with van der Waals surface area (Å²) in [6, 6.07) is 8.95. The largest absolute Gasteiger partial charge is 0.455 e. The average Bonchev–Trinajstić information content (AvgIpc) is 3.40. The van der Waals surface area contributed by atoms with Crippen molar-refractivity contribution >= 4 is 17.7 Å². The highest BCUT2D eigenvalue weighted by molar-refractivity contribution is 7.98. The Bertz CT molecular complexity index is 966. The first kappa shape index (κ1) is 17.5. The van der Waals surface area contributed by atoms with Crippen molar-refractivity contribution in [1.29, 1.82) is 0 Å². The fourth-order valence-electron chi connectivity index (χ4n) is 2.74. The van der Waals surface area contributed by atoms with Gasteiger partial charge in [0.25, 0.3) is 5.91 Å². The second-order valence-electron chi connectivity index (χ2n) is 6.18. The molecule has 1 aliphatic heterocycles. The van der Waals surface area contributed by atoms with Crippen LogP contribution in [0.4, 0.5) is 0 Å². The van der Waals surface area contributed by atoms with Gasteiger partial charge in [-0.3, -0.25) is 4.79 Å². The third kappa shape index (κ3) is 3.80. The summed E-state index contributed by atoms with van der Waals surface area (Å²) in [5.41, 5.74) is 0.935. The first-order valence-corrected chi connectivity index (χ1v) is 9.48. The number of amides is 1. The Morgan fingerprint density at radius 3 is 2.96 bits per heavy atom. The highest BCUT2D eigenvalue weighted by atomic mass is 32.2. The van der Waals surface area contributed by atoms with Crippen molar-refractivity contribution in [2.75, 3.05) is 6.79 Å². The first-order valence-electron chi connectivity index (χ1n) is 8.49. The fourth-order valence-corrected chi connectivity index (χ4v) is 3.56. The highest BCUT2D eigenvalue weighted by Gasteiger charge is 2.19. The second kappa shape index (κ2) is 7.40. The molecule has 7 nitrogen and oxygen atoms in total. The predicted octanol–water partition coefficient (Wildman–Crippen LogP) is 3.53. The van der Waals surface area contributed by atoms with Crippen molar-refractivity contribution in [3.63, 3.8) is 0 Å². The lowest BCUT2D eigenvalue weighted by molar-refractivity contribution is 0.0910. The molecule has 0 radical (unpaired) electrons. The molecule has 1 aromatic carbocycles. The third-order valence-corrected chi connectivity index (χ3v) is 5.33. The van der Waals surface area contributed by atoms with E-state index in [-0.39, 0.29) is 24.5 Å². The summed E-state index contributed by atoms with van der Waals surface area (Å²) in [5, 5.41) is 3.84. The SMILES string of the molecule is CC(NC(=O)c1ccc(CSc2nccn2C)o1)c1ccc2c(c1)OCO2. The number of nitrogens with zero attached hydrogens (tertiary/aromatic N) is 2. The first-order chi connectivity index (χ1) is 13.1. The Morgan fingerprint density at radius 1 is 1.30 bits per heavy atom. The standard InChI is InChI=1S/C19H19N3O4S/c1-12(13-3-5-15-17(9-13)25-11-24-15)21-18(23)16-6-4-14(26-16)10-27-19-20-7-8-22(19)2/h3-9,12H,10-11H2,1-2H3,(H,21,23). The summed E-state index contributed by atoms with van der Waals surface area (Å²) in [5.74, 6) is 2.78. The molecule has 1 N–H and O–H groups in total. The highest BCUT2D eigenvalue weighted by Crippen LogP contribution is 2.34. The Kier molecular flexibility index (Phi) is 4.81. The molecule has 0 aliphatic carbocycles. The Hall–Kier alpha value is -2.87. The number of carbonyl (C=O) groups excluding carboxylic acids is 1. The second-order valence-corrected chi connectivity index (χ2v) is 7.13. The van der Waals surface area contributed by atoms with Crippen molar-refractivity contribution in [2.24, 2.45) is 7.05 Å². The minimum Gasteiger partial charge on any atom is -0.455 e. The van der Waals surface area contributed by atoms with Gasteiger partial charge in [0.15, 0.2) is 22.4 Å². The van der Waals surface area contributed by atoms with Crippen molar-refractivity contribution in [2.45, 2.75) is 23.9 Å². The fraction of sp³-hybridized carbons (Fsp3) is 0.263. The van der Waals surface area contributed by atoms with Crippen LogP contribution in [-0.4, -0.2) is 22.3 Å². The summed E-state index contributed by atoms with van der Waals surface area (Å²) in [6.07, 6.45) is 3.64. The van der Waals surface area contributed by atoms with E-state index in [0.717, 1.165) is 22.2 Å². The summed E-state index contributed by atoms with van der Waals surface area (Å²) in [6.45, 7) is 2.14. The van der Waals surface area contributed by atoms with Crippen molar-refractivity contribution in [3.05, 3.63) is 59.8 Å². The van der Waals surface area contributed by atoms with Crippen LogP contribution in [0.2, 0.25) is 0 Å². The number of aromatic nitrogens is 2. The monoisotopic (exact) mass is 385 g/mol. The van der Waals surface area contributed by atoms with Crippen LogP contribution in [0.25, 0.3) is 0 Å². The van der Waals surface area contributed by atoms with Gasteiger partial charge in [-0.05, 0) is 36.8 Å². The molecule has 1 aliphatic rings. The van der Waals surface area contributed by atoms with E-state index >= 15 is 0 Å². The van der Waals surface area contributed by atoms with E-state index < -0.39 is 0 Å². The smallest absolute Gasteiger partial charge is 0.287 e. The van der Waals surface area contributed by atoms with Gasteiger partial charge in [0, 0.05) is 19.4 Å². The number of aryl methyl sites for hydroxylation is 1. The van der Waals surface area contributed by atoms with Gasteiger partial charge in [-0.15, -0.1) is 0 Å². The number of furan rings is 1. The van der Waals surface area contributed by atoms with Crippen LogP contribution in [0, 0.1) is 0 Å². The zero-order valence-electron chi connectivity index (χ0n) is 15.0. The lowest BCUT2D eigenvalue weighted by Crippen LogP contribution is -2.26. The van der Waals surface area contributed by atoms with Crippen molar-refractivity contribution in [3.8, 4) is 11.5 Å². The number of benzene rings is 1. The van der Waals surface area contributed by atoms with E-state index in [1.165, 1.54) is 0 Å². The molecule has 3 aromatic rings. The maximum absolute atomic E-state index is 12.5. The van der Waals surface area contributed by atoms with Gasteiger partial charge in [0.1, 0.15) is 5.76 Å². The van der Waals surface area contributed by atoms with E-state index in [4.69, 9.17) is 13.9 Å². The lowest BCUT2D eigenvalue weighted by atomic mass is 10.1. The number of hydrogen-bond acceptors (Lipinski definition) is 6. The number of nitrogens with one attached hydrogen (secondary N) is 1. The van der Waals surface area contributed by atoms with Gasteiger partial charge in [0.2, 0.25) is 6.79 Å². The molecule has 2 aromatic heterocycles. The lowest BCUT2D eigenvalue weighted by Gasteiger charge is -2.13. The van der Waals surface area contributed by atoms with Crippen LogP contribution in [0.15, 0.2) is 52.3 Å². The topological polar surface area (TPSA) is 78.5 Å². The third-order valence-electron chi connectivity index (χ3n) is 4.25. The van der Waals surface area contributed by atoms with Crippen LogP contribution >= 0.6 is 11.8 Å². The van der Waals surface area contributed by atoms with Gasteiger partial charge in [-0.2, -0.15) is 0 Å². The normalized spacial score (nSPS) is 13.6. The molecule has 1 unspecified atom stereocenters. The number of hydrogen-bond donors (Lipinski definition) is 1. The summed E-state index contributed by atoms with van der Waals surface area (Å²) >= 11 is 1.55. The molecule has 0 bridgehead atoms. The molecule has 0 spiro atoms. The predicted molar refractivity (Wildman–Crippen MR) is 99.9 cm³/mol. The number of thioether (sulfide) groups is 1. The average molecular weight is 385 g/mol. The van der Waals surface area contributed by atoms with Crippen LogP contribution < -0.4 is 14.8 Å². The molecule has 0 fully saturated rings. The molecule has 1 atom stereocenters. The number of fused-ring (bicyclic) bond motifs is 1. The van der Waals surface area contributed by atoms with Crippen molar-refractivity contribution < 1.29 is 18.7 Å². The number of carbonyl (C=O) groups is 1. The maximum atomic E-state index is 12.5. The van der Waals surface area contributed by atoms with Gasteiger partial charge in [-0.1, -0.05) is 17.8 Å². The molecular weight excluding hydrogens is 366 g/mol. The van der Waals surface area contributed by atoms with E-state index in [9.17, 15) is 4.79 Å². The molecule has 1 amide bonds. The molecule has 8 heteroatoms. The summed E-state index contributed by atoms with van der Waals surface area (Å²) in [7, 11) is 1.94. The van der Waals surface area contributed by atoms with Crippen LogP contribution in [0.1, 0.15) is 34.8 Å². The number of rotatable bonds is 6. The van der Waals surface area contributed by atoms with Crippen LogP contribution in [0.3, 0.4) is 0 Å². The maximum Gasteiger partial charge on any atom is 0.287 e. The zero-order valence-corrected chi connectivity index (χ0v) is 15.8. The van der Waals surface area contributed by atoms with Crippen LogP contribution in [0.5, 0.6) is 11.5 Å². The van der Waals surface area contributed by atoms with E-state index in [1.807, 2.05) is 49.0 Å². The summed E-state index contributed by atoms with van der Waals surface area (Å²) in [4.78, 5) is 16.7. The Balaban J connectivity index is 1.37. The number of imidazole rings is 1. The molecule has 0 saturated heterocycles. The molecule has 3 heterocycles. The quantitative estimate of drug-likeness (QED) is 0.654. The van der Waals surface area contributed by atoms with Gasteiger partial charge >= 0.3 is 0 Å². The Labute approximate surface area is 160 Å². The number of ether oxygens (including phenoxy) is 2. The van der Waals surface area contributed by atoms with Gasteiger partial charge < -0.3 is 23.8 Å². The van der Waals surface area contributed by atoms with Gasteiger partial charge in [0.05, 0.1) is 11.8 Å². The molecular formula is C19H19N3O4S. The van der Waals surface area contributed by atoms with E-state index in [2.05, 4.69) is 10.3 Å². The van der Waals surface area contributed by atoms with Crippen LogP contribution in [-0.2, 0) is 12.8 Å².